The van der Waals surface area contributed by atoms with Crippen LogP contribution in [0.25, 0.3) is 4.96 Å². The van der Waals surface area contributed by atoms with Gasteiger partial charge in [0.15, 0.2) is 4.96 Å². The molecule has 1 N–H and O–H groups in total. The number of hydrogen-bond donors (Lipinski definition) is 1. The monoisotopic (exact) mass is 327 g/mol. The molecule has 3 heterocycles. The van der Waals surface area contributed by atoms with Gasteiger partial charge in [0, 0.05) is 29.8 Å². The van der Waals surface area contributed by atoms with Crippen molar-refractivity contribution in [1.82, 2.24) is 14.7 Å². The molecule has 1 amide bonds. The summed E-state index contributed by atoms with van der Waals surface area (Å²) in [7, 11) is 0. The molecule has 1 aliphatic heterocycles. The summed E-state index contributed by atoms with van der Waals surface area (Å²) in [6.07, 6.45) is 3.63. The molecule has 7 heteroatoms. The molecular weight excluding hydrogens is 314 g/mol. The number of ether oxygens (including phenoxy) is 1. The van der Waals surface area contributed by atoms with Gasteiger partial charge in [0.25, 0.3) is 11.5 Å². The summed E-state index contributed by atoms with van der Waals surface area (Å²) in [5.41, 5.74) is 0.621. The highest BCUT2D eigenvalue weighted by Gasteiger charge is 2.24. The fourth-order valence-corrected chi connectivity index (χ4v) is 3.38. The fourth-order valence-electron chi connectivity index (χ4n) is 2.71. The van der Waals surface area contributed by atoms with E-state index in [9.17, 15) is 9.59 Å². The number of aromatic nitrogens is 2. The van der Waals surface area contributed by atoms with Crippen LogP contribution in [0.5, 0.6) is 5.75 Å². The summed E-state index contributed by atoms with van der Waals surface area (Å²) in [4.78, 5) is 29.6. The van der Waals surface area contributed by atoms with E-state index < -0.39 is 5.91 Å². The van der Waals surface area contributed by atoms with E-state index in [4.69, 9.17) is 4.74 Å². The van der Waals surface area contributed by atoms with Crippen LogP contribution in [0.3, 0.4) is 0 Å². The highest BCUT2D eigenvalue weighted by molar-refractivity contribution is 7.15. The molecule has 0 aliphatic carbocycles. The molecule has 1 aromatic carbocycles. The van der Waals surface area contributed by atoms with E-state index in [-0.39, 0.29) is 17.2 Å². The Labute approximate surface area is 135 Å². The van der Waals surface area contributed by atoms with E-state index >= 15 is 0 Å². The van der Waals surface area contributed by atoms with Crippen molar-refractivity contribution in [3.8, 4) is 5.75 Å². The minimum Gasteiger partial charge on any atom is -0.493 e. The van der Waals surface area contributed by atoms with Gasteiger partial charge in [-0.2, -0.15) is 0 Å². The molecule has 23 heavy (non-hydrogen) atoms. The molecule has 116 valence electrons. The second kappa shape index (κ2) is 5.51. The molecule has 0 fully saturated rings. The molecule has 1 aliphatic rings. The molecule has 3 aromatic rings. The summed E-state index contributed by atoms with van der Waals surface area (Å²) in [6.45, 7) is 0.531. The van der Waals surface area contributed by atoms with Crippen molar-refractivity contribution in [1.29, 1.82) is 0 Å². The Balaban J connectivity index is 1.65. The molecule has 0 bridgehead atoms. The van der Waals surface area contributed by atoms with E-state index in [1.54, 1.807) is 11.6 Å². The lowest BCUT2D eigenvalue weighted by atomic mass is 10.0. The molecule has 6 nitrogen and oxygen atoms in total. The van der Waals surface area contributed by atoms with E-state index in [2.05, 4.69) is 10.3 Å². The van der Waals surface area contributed by atoms with Crippen LogP contribution in [0.1, 0.15) is 28.4 Å². The number of fused-ring (bicyclic) bond motifs is 2. The molecule has 0 saturated heterocycles. The molecule has 2 aromatic heterocycles. The van der Waals surface area contributed by atoms with Crippen LogP contribution in [0.2, 0.25) is 0 Å². The Morgan fingerprint density at radius 1 is 1.39 bits per heavy atom. The average molecular weight is 327 g/mol. The van der Waals surface area contributed by atoms with Crippen molar-refractivity contribution in [2.45, 2.75) is 12.5 Å². The third kappa shape index (κ3) is 2.39. The second-order valence-electron chi connectivity index (χ2n) is 5.23. The number of nitrogens with one attached hydrogen (secondary N) is 1. The molecule has 0 spiro atoms. The largest absolute Gasteiger partial charge is 0.493 e. The number of nitrogens with zero attached hydrogens (tertiary/aromatic N) is 2. The summed E-state index contributed by atoms with van der Waals surface area (Å²) in [5, 5.41) is 4.68. The van der Waals surface area contributed by atoms with Crippen molar-refractivity contribution in [3.05, 3.63) is 63.5 Å². The predicted octanol–water partition coefficient (Wildman–Crippen LogP) is 2.01. The molecule has 0 saturated carbocycles. The average Bonchev–Trinajstić information content (AvgIpc) is 3.05. The van der Waals surface area contributed by atoms with Crippen LogP contribution < -0.4 is 15.6 Å². The van der Waals surface area contributed by atoms with Crippen molar-refractivity contribution >= 4 is 22.2 Å². The predicted molar refractivity (Wildman–Crippen MR) is 86.1 cm³/mol. The van der Waals surface area contributed by atoms with Crippen molar-refractivity contribution in [2.75, 3.05) is 6.61 Å². The zero-order chi connectivity index (χ0) is 15.8. The normalized spacial score (nSPS) is 16.6. The Morgan fingerprint density at radius 2 is 2.26 bits per heavy atom. The standard InChI is InChI=1S/C16H13N3O3S/c20-14(11-9-17-16-19(15(11)21)6-8-23-16)18-12-5-7-22-13-4-2-1-3-10(12)13/h1-4,6,8-9,12H,5,7H2,(H,18,20)/t12-/m1/s1. The summed E-state index contributed by atoms with van der Waals surface area (Å²) in [5.74, 6) is 0.358. The van der Waals surface area contributed by atoms with Crippen LogP contribution in [0, 0.1) is 0 Å². The smallest absolute Gasteiger partial charge is 0.271 e. The van der Waals surface area contributed by atoms with E-state index in [1.165, 1.54) is 21.9 Å². The van der Waals surface area contributed by atoms with Gasteiger partial charge in [0.2, 0.25) is 0 Å². The number of thiazole rings is 1. The third-order valence-electron chi connectivity index (χ3n) is 3.85. The maximum Gasteiger partial charge on any atom is 0.271 e. The van der Waals surface area contributed by atoms with Crippen LogP contribution >= 0.6 is 11.3 Å². The minimum absolute atomic E-state index is 0.0462. The number of carbonyl (C=O) groups is 1. The minimum atomic E-state index is -0.412. The van der Waals surface area contributed by atoms with Gasteiger partial charge in [-0.3, -0.25) is 14.0 Å². The number of benzene rings is 1. The number of rotatable bonds is 2. The van der Waals surface area contributed by atoms with Crippen LogP contribution in [0.4, 0.5) is 0 Å². The van der Waals surface area contributed by atoms with Gasteiger partial charge >= 0.3 is 0 Å². The van der Waals surface area contributed by atoms with Crippen LogP contribution in [-0.4, -0.2) is 21.9 Å². The van der Waals surface area contributed by atoms with Gasteiger partial charge < -0.3 is 10.1 Å². The topological polar surface area (TPSA) is 72.7 Å². The zero-order valence-electron chi connectivity index (χ0n) is 12.1. The fraction of sp³-hybridized carbons (Fsp3) is 0.188. The molecular formula is C16H13N3O3S. The van der Waals surface area contributed by atoms with Crippen molar-refractivity contribution in [3.63, 3.8) is 0 Å². The Hall–Kier alpha value is -2.67. The van der Waals surface area contributed by atoms with Gasteiger partial charge in [-0.25, -0.2) is 4.98 Å². The van der Waals surface area contributed by atoms with Gasteiger partial charge in [0.05, 0.1) is 12.6 Å². The second-order valence-corrected chi connectivity index (χ2v) is 6.11. The molecule has 4 rings (SSSR count). The summed E-state index contributed by atoms with van der Waals surface area (Å²) < 4.78 is 6.97. The van der Waals surface area contributed by atoms with Crippen LogP contribution in [-0.2, 0) is 0 Å². The first-order chi connectivity index (χ1) is 11.2. The van der Waals surface area contributed by atoms with E-state index in [0.29, 0.717) is 18.0 Å². The first-order valence-corrected chi connectivity index (χ1v) is 8.09. The van der Waals surface area contributed by atoms with Gasteiger partial charge in [-0.05, 0) is 6.07 Å². The van der Waals surface area contributed by atoms with Gasteiger partial charge in [-0.1, -0.05) is 18.2 Å². The number of para-hydroxylation sites is 1. The maximum atomic E-state index is 12.5. The highest BCUT2D eigenvalue weighted by atomic mass is 32.1. The maximum absolute atomic E-state index is 12.5. The molecule has 0 radical (unpaired) electrons. The first kappa shape index (κ1) is 14.0. The SMILES string of the molecule is O=C(N[C@@H]1CCOc2ccccc21)c1cnc2sccn2c1=O. The van der Waals surface area contributed by atoms with Gasteiger partial charge in [-0.15, -0.1) is 11.3 Å². The first-order valence-electron chi connectivity index (χ1n) is 7.21. The third-order valence-corrected chi connectivity index (χ3v) is 4.62. The lowest BCUT2D eigenvalue weighted by Gasteiger charge is -2.26. The van der Waals surface area contributed by atoms with E-state index in [1.807, 2.05) is 24.3 Å². The van der Waals surface area contributed by atoms with Gasteiger partial charge in [0.1, 0.15) is 11.3 Å². The number of carbonyl (C=O) groups excluding carboxylic acids is 1. The van der Waals surface area contributed by atoms with Crippen LogP contribution in [0.15, 0.2) is 46.8 Å². The van der Waals surface area contributed by atoms with Crippen molar-refractivity contribution < 1.29 is 9.53 Å². The Bertz CT molecular complexity index is 947. The summed E-state index contributed by atoms with van der Waals surface area (Å²) >= 11 is 1.35. The zero-order valence-corrected chi connectivity index (χ0v) is 12.9. The Kier molecular flexibility index (Phi) is 3.34. The van der Waals surface area contributed by atoms with Crippen molar-refractivity contribution in [2.24, 2.45) is 0 Å². The van der Waals surface area contributed by atoms with E-state index in [0.717, 1.165) is 11.3 Å². The summed E-state index contributed by atoms with van der Waals surface area (Å²) in [6, 6.07) is 7.42. The Morgan fingerprint density at radius 3 is 3.17 bits per heavy atom. The highest BCUT2D eigenvalue weighted by Crippen LogP contribution is 2.31. The number of amides is 1. The molecule has 1 atom stereocenters. The molecule has 0 unspecified atom stereocenters. The lowest BCUT2D eigenvalue weighted by molar-refractivity contribution is 0.0922. The number of hydrogen-bond acceptors (Lipinski definition) is 5. The quantitative estimate of drug-likeness (QED) is 0.781. The lowest BCUT2D eigenvalue weighted by Crippen LogP contribution is -2.35.